The summed E-state index contributed by atoms with van der Waals surface area (Å²) in [7, 11) is 0. The Kier molecular flexibility index (Phi) is 1.61. The largest absolute Gasteiger partial charge is 0.369 e. The van der Waals surface area contributed by atoms with Crippen LogP contribution in [0.15, 0.2) is 17.7 Å². The summed E-state index contributed by atoms with van der Waals surface area (Å²) >= 11 is 1.46. The summed E-state index contributed by atoms with van der Waals surface area (Å²) in [6.45, 7) is 0. The number of thioether (sulfide) groups is 1. The van der Waals surface area contributed by atoms with Gasteiger partial charge in [-0.05, 0) is 6.26 Å². The Morgan fingerprint density at radius 1 is 1.50 bits per heavy atom. The maximum Gasteiger partial charge on any atom is 0.209 e. The van der Waals surface area contributed by atoms with Crippen molar-refractivity contribution in [3.63, 3.8) is 0 Å². The smallest absolute Gasteiger partial charge is 0.209 e. The minimum Gasteiger partial charge on any atom is -0.369 e. The molecule has 0 aliphatic carbocycles. The highest BCUT2D eigenvalue weighted by molar-refractivity contribution is 7.98. The van der Waals surface area contributed by atoms with Crippen LogP contribution in [-0.4, -0.2) is 25.6 Å². The molecule has 2 aromatic heterocycles. The van der Waals surface area contributed by atoms with Gasteiger partial charge < -0.3 is 5.73 Å². The van der Waals surface area contributed by atoms with Crippen molar-refractivity contribution in [1.29, 1.82) is 0 Å². The summed E-state index contributed by atoms with van der Waals surface area (Å²) in [6.07, 6.45) is 5.15. The van der Waals surface area contributed by atoms with Crippen LogP contribution < -0.4 is 5.73 Å². The third kappa shape index (κ3) is 1.00. The third-order valence-corrected chi connectivity index (χ3v) is 2.02. The number of fused-ring (bicyclic) bond motifs is 1. The van der Waals surface area contributed by atoms with Gasteiger partial charge in [-0.3, -0.25) is 4.40 Å². The van der Waals surface area contributed by atoms with Gasteiger partial charge in [-0.25, -0.2) is 9.97 Å². The summed E-state index contributed by atoms with van der Waals surface area (Å²) in [5.41, 5.74) is 6.36. The molecule has 2 aromatic rings. The summed E-state index contributed by atoms with van der Waals surface area (Å²) in [5, 5.41) is 0.667. The van der Waals surface area contributed by atoms with Gasteiger partial charge in [0.2, 0.25) is 5.95 Å². The fraction of sp³-hybridized carbons (Fsp3) is 0.167. The van der Waals surface area contributed by atoms with Gasteiger partial charge in [0.15, 0.2) is 10.8 Å². The van der Waals surface area contributed by atoms with Gasteiger partial charge in [0.25, 0.3) is 0 Å². The van der Waals surface area contributed by atoms with Gasteiger partial charge in [0.1, 0.15) is 6.33 Å². The van der Waals surface area contributed by atoms with Crippen molar-refractivity contribution in [1.82, 2.24) is 19.4 Å². The van der Waals surface area contributed by atoms with E-state index in [2.05, 4.69) is 15.0 Å². The van der Waals surface area contributed by atoms with Gasteiger partial charge in [-0.15, -0.1) is 0 Å². The van der Waals surface area contributed by atoms with Gasteiger partial charge in [0, 0.05) is 0 Å². The van der Waals surface area contributed by atoms with Crippen LogP contribution in [0.25, 0.3) is 5.65 Å². The maximum atomic E-state index is 5.64. The van der Waals surface area contributed by atoms with Crippen molar-refractivity contribution in [3.8, 4) is 0 Å². The van der Waals surface area contributed by atoms with E-state index in [4.69, 9.17) is 5.73 Å². The minimum absolute atomic E-state index is 0.418. The summed E-state index contributed by atoms with van der Waals surface area (Å²) < 4.78 is 1.64. The van der Waals surface area contributed by atoms with E-state index in [0.29, 0.717) is 11.1 Å². The quantitative estimate of drug-likeness (QED) is 0.646. The van der Waals surface area contributed by atoms with E-state index in [9.17, 15) is 0 Å². The number of nitrogens with zero attached hydrogens (tertiary/aromatic N) is 4. The Labute approximate surface area is 73.0 Å². The second-order valence-corrected chi connectivity index (χ2v) is 2.96. The molecule has 12 heavy (non-hydrogen) atoms. The first-order valence-electron chi connectivity index (χ1n) is 3.31. The number of aromatic nitrogens is 4. The van der Waals surface area contributed by atoms with Crippen LogP contribution in [0.4, 0.5) is 5.95 Å². The first-order valence-corrected chi connectivity index (χ1v) is 4.53. The number of anilines is 1. The fourth-order valence-electron chi connectivity index (χ4n) is 0.913. The van der Waals surface area contributed by atoms with Gasteiger partial charge in [-0.1, -0.05) is 11.8 Å². The monoisotopic (exact) mass is 181 g/mol. The molecule has 0 fully saturated rings. The number of hydrogen-bond acceptors (Lipinski definition) is 5. The summed E-state index contributed by atoms with van der Waals surface area (Å²) in [5.74, 6) is 0.418. The first-order chi connectivity index (χ1) is 5.81. The zero-order valence-corrected chi connectivity index (χ0v) is 7.25. The molecule has 62 valence electrons. The molecule has 2 rings (SSSR count). The van der Waals surface area contributed by atoms with E-state index in [1.54, 1.807) is 16.9 Å². The number of imidazole rings is 1. The Balaban J connectivity index is 2.75. The molecular weight excluding hydrogens is 174 g/mol. The number of rotatable bonds is 1. The molecule has 0 amide bonds. The van der Waals surface area contributed by atoms with Crippen molar-refractivity contribution in [2.75, 3.05) is 12.0 Å². The minimum atomic E-state index is 0.418. The van der Waals surface area contributed by atoms with Gasteiger partial charge in [-0.2, -0.15) is 4.98 Å². The average Bonchev–Trinajstić information content (AvgIpc) is 2.52. The van der Waals surface area contributed by atoms with Crippen LogP contribution in [0.2, 0.25) is 0 Å². The lowest BCUT2D eigenvalue weighted by Gasteiger charge is -1.99. The molecule has 0 aliphatic rings. The Bertz CT molecular complexity index is 409. The number of hydrogen-bond donors (Lipinski definition) is 1. The molecule has 2 N–H and O–H groups in total. The van der Waals surface area contributed by atoms with E-state index in [1.165, 1.54) is 11.8 Å². The van der Waals surface area contributed by atoms with Crippen LogP contribution >= 0.6 is 11.8 Å². The van der Waals surface area contributed by atoms with Crippen molar-refractivity contribution >= 4 is 23.4 Å². The second kappa shape index (κ2) is 2.63. The lowest BCUT2D eigenvalue weighted by atomic mass is 10.8. The number of nitrogen functional groups attached to an aromatic ring is 1. The van der Waals surface area contributed by atoms with Gasteiger partial charge >= 0.3 is 0 Å². The normalized spacial score (nSPS) is 10.8. The van der Waals surface area contributed by atoms with Crippen molar-refractivity contribution in [2.24, 2.45) is 0 Å². The molecular formula is C6H7N5S. The molecule has 0 saturated carbocycles. The van der Waals surface area contributed by atoms with E-state index in [0.717, 1.165) is 5.65 Å². The molecule has 6 heteroatoms. The van der Waals surface area contributed by atoms with Crippen LogP contribution in [0.5, 0.6) is 0 Å². The third-order valence-electron chi connectivity index (χ3n) is 1.47. The zero-order chi connectivity index (χ0) is 8.55. The van der Waals surface area contributed by atoms with E-state index < -0.39 is 0 Å². The van der Waals surface area contributed by atoms with Crippen LogP contribution in [0.3, 0.4) is 0 Å². The molecule has 2 heterocycles. The molecule has 0 aromatic carbocycles. The Hall–Kier alpha value is -1.30. The topological polar surface area (TPSA) is 69.1 Å². The average molecular weight is 181 g/mol. The van der Waals surface area contributed by atoms with Crippen molar-refractivity contribution in [3.05, 3.63) is 12.5 Å². The fourth-order valence-corrected chi connectivity index (χ4v) is 1.28. The lowest BCUT2D eigenvalue weighted by molar-refractivity contribution is 0.921. The molecule has 5 nitrogen and oxygen atoms in total. The first kappa shape index (κ1) is 7.35. The lowest BCUT2D eigenvalue weighted by Crippen LogP contribution is -2.02. The Morgan fingerprint density at radius 2 is 2.33 bits per heavy atom. The molecule has 0 spiro atoms. The van der Waals surface area contributed by atoms with Crippen molar-refractivity contribution < 1.29 is 0 Å². The molecule has 0 unspecified atom stereocenters. The highest BCUT2D eigenvalue weighted by Crippen LogP contribution is 2.12. The molecule has 0 radical (unpaired) electrons. The van der Waals surface area contributed by atoms with E-state index in [-0.39, 0.29) is 0 Å². The van der Waals surface area contributed by atoms with E-state index in [1.807, 2.05) is 6.26 Å². The Morgan fingerprint density at radius 3 is 3.08 bits per heavy atom. The highest BCUT2D eigenvalue weighted by atomic mass is 32.2. The SMILES string of the molecule is CSc1nc(N)n2cncc2n1. The van der Waals surface area contributed by atoms with Gasteiger partial charge in [0.05, 0.1) is 6.20 Å². The van der Waals surface area contributed by atoms with Crippen LogP contribution in [0, 0.1) is 0 Å². The molecule has 0 aliphatic heterocycles. The van der Waals surface area contributed by atoms with Crippen LogP contribution in [-0.2, 0) is 0 Å². The standard InChI is InChI=1S/C6H7N5S/c1-12-6-9-4-2-8-3-11(4)5(7)10-6/h2-3H,1H3,(H2,7,9,10). The summed E-state index contributed by atoms with van der Waals surface area (Å²) in [6, 6.07) is 0. The van der Waals surface area contributed by atoms with E-state index >= 15 is 0 Å². The predicted molar refractivity (Wildman–Crippen MR) is 47.0 cm³/mol. The van der Waals surface area contributed by atoms with Crippen LogP contribution in [0.1, 0.15) is 0 Å². The number of nitrogens with two attached hydrogens (primary N) is 1. The predicted octanol–water partition coefficient (Wildman–Crippen LogP) is 0.428. The highest BCUT2D eigenvalue weighted by Gasteiger charge is 2.02. The second-order valence-electron chi connectivity index (χ2n) is 2.19. The van der Waals surface area contributed by atoms with Crippen molar-refractivity contribution in [2.45, 2.75) is 5.16 Å². The zero-order valence-electron chi connectivity index (χ0n) is 6.43. The molecule has 0 atom stereocenters. The summed E-state index contributed by atoms with van der Waals surface area (Å²) in [4.78, 5) is 12.1. The molecule has 0 saturated heterocycles. The molecule has 0 bridgehead atoms. The maximum absolute atomic E-state index is 5.64.